The van der Waals surface area contributed by atoms with Crippen molar-refractivity contribution in [2.45, 2.75) is 47.5 Å². The molecule has 118 valence electrons. The number of carboxylic acid groups (broad SMARTS) is 1. The van der Waals surface area contributed by atoms with E-state index in [1.165, 1.54) is 0 Å². The predicted octanol–water partition coefficient (Wildman–Crippen LogP) is 2.81. The van der Waals surface area contributed by atoms with Crippen molar-refractivity contribution in [1.82, 2.24) is 10.2 Å². The molecule has 0 aromatic rings. The van der Waals surface area contributed by atoms with E-state index in [-0.39, 0.29) is 12.6 Å². The lowest BCUT2D eigenvalue weighted by Crippen LogP contribution is -2.45. The summed E-state index contributed by atoms with van der Waals surface area (Å²) in [4.78, 5) is 25.0. The Balaban J connectivity index is 4.46. The van der Waals surface area contributed by atoms with Gasteiger partial charge in [0.25, 0.3) is 0 Å². The number of carboxylic acids is 1. The standard InChI is InChI=1S/C15H30N2O3/c1-6-7-13(14(18)19)8-16-15(20)17(9-11(2)3)10-12(4)5/h11-13H,6-10H2,1-5H3,(H,16,20)(H,18,19). The summed E-state index contributed by atoms with van der Waals surface area (Å²) in [6, 6.07) is -0.158. The van der Waals surface area contributed by atoms with Crippen LogP contribution in [0.2, 0.25) is 0 Å². The fourth-order valence-corrected chi connectivity index (χ4v) is 2.11. The molecule has 0 aromatic carbocycles. The Labute approximate surface area is 122 Å². The molecular weight excluding hydrogens is 256 g/mol. The molecule has 0 fully saturated rings. The molecule has 0 rings (SSSR count). The lowest BCUT2D eigenvalue weighted by molar-refractivity contribution is -0.141. The Hall–Kier alpha value is -1.26. The number of nitrogens with zero attached hydrogens (tertiary/aromatic N) is 1. The van der Waals surface area contributed by atoms with E-state index in [0.29, 0.717) is 31.3 Å². The minimum Gasteiger partial charge on any atom is -0.481 e. The van der Waals surface area contributed by atoms with Gasteiger partial charge in [0.1, 0.15) is 0 Å². The number of aliphatic carboxylic acids is 1. The Morgan fingerprint density at radius 2 is 1.60 bits per heavy atom. The zero-order valence-electron chi connectivity index (χ0n) is 13.5. The number of rotatable bonds is 9. The van der Waals surface area contributed by atoms with E-state index in [1.54, 1.807) is 4.90 Å². The Bertz CT molecular complexity index is 293. The van der Waals surface area contributed by atoms with Crippen molar-refractivity contribution in [2.75, 3.05) is 19.6 Å². The molecule has 5 nitrogen and oxygen atoms in total. The van der Waals surface area contributed by atoms with E-state index in [4.69, 9.17) is 5.11 Å². The molecule has 5 heteroatoms. The molecule has 0 aliphatic rings. The largest absolute Gasteiger partial charge is 0.481 e. The minimum atomic E-state index is -0.841. The van der Waals surface area contributed by atoms with Gasteiger partial charge in [0.2, 0.25) is 0 Å². The molecule has 2 amide bonds. The predicted molar refractivity (Wildman–Crippen MR) is 80.7 cm³/mol. The van der Waals surface area contributed by atoms with Crippen molar-refractivity contribution < 1.29 is 14.7 Å². The van der Waals surface area contributed by atoms with E-state index in [1.807, 2.05) is 6.92 Å². The van der Waals surface area contributed by atoms with Crippen molar-refractivity contribution in [1.29, 1.82) is 0 Å². The van der Waals surface area contributed by atoms with E-state index in [0.717, 1.165) is 6.42 Å². The zero-order chi connectivity index (χ0) is 15.7. The summed E-state index contributed by atoms with van der Waals surface area (Å²) in [5, 5.41) is 11.8. The summed E-state index contributed by atoms with van der Waals surface area (Å²) < 4.78 is 0. The van der Waals surface area contributed by atoms with E-state index < -0.39 is 11.9 Å². The quantitative estimate of drug-likeness (QED) is 0.684. The van der Waals surface area contributed by atoms with Crippen molar-refractivity contribution in [3.63, 3.8) is 0 Å². The lowest BCUT2D eigenvalue weighted by atomic mass is 10.0. The van der Waals surface area contributed by atoms with Crippen LogP contribution < -0.4 is 5.32 Å². The molecule has 1 atom stereocenters. The van der Waals surface area contributed by atoms with Gasteiger partial charge in [-0.3, -0.25) is 4.79 Å². The van der Waals surface area contributed by atoms with Gasteiger partial charge in [-0.25, -0.2) is 4.79 Å². The SMILES string of the molecule is CCCC(CNC(=O)N(CC(C)C)CC(C)C)C(=O)O. The second-order valence-corrected chi connectivity index (χ2v) is 6.20. The zero-order valence-corrected chi connectivity index (χ0v) is 13.5. The summed E-state index contributed by atoms with van der Waals surface area (Å²) in [5.74, 6) is -0.550. The highest BCUT2D eigenvalue weighted by atomic mass is 16.4. The number of hydrogen-bond donors (Lipinski definition) is 2. The average Bonchev–Trinajstić information content (AvgIpc) is 2.31. The van der Waals surface area contributed by atoms with Crippen LogP contribution in [-0.4, -0.2) is 41.6 Å². The molecule has 0 spiro atoms. The van der Waals surface area contributed by atoms with Crippen LogP contribution in [0.25, 0.3) is 0 Å². The third-order valence-corrected chi connectivity index (χ3v) is 2.94. The second kappa shape index (κ2) is 9.61. The number of amides is 2. The molecule has 0 aliphatic heterocycles. The smallest absolute Gasteiger partial charge is 0.317 e. The topological polar surface area (TPSA) is 69.6 Å². The molecule has 0 heterocycles. The first-order valence-corrected chi connectivity index (χ1v) is 7.53. The first kappa shape index (κ1) is 18.7. The Morgan fingerprint density at radius 3 is 1.95 bits per heavy atom. The van der Waals surface area contributed by atoms with Gasteiger partial charge in [0, 0.05) is 19.6 Å². The van der Waals surface area contributed by atoms with Gasteiger partial charge in [-0.1, -0.05) is 41.0 Å². The summed E-state index contributed by atoms with van der Waals surface area (Å²) in [6.45, 7) is 11.8. The molecule has 1 unspecified atom stereocenters. The minimum absolute atomic E-state index is 0.158. The molecule has 0 radical (unpaired) electrons. The van der Waals surface area contributed by atoms with Crippen LogP contribution >= 0.6 is 0 Å². The van der Waals surface area contributed by atoms with Gasteiger partial charge in [0.05, 0.1) is 5.92 Å². The van der Waals surface area contributed by atoms with E-state index in [2.05, 4.69) is 33.0 Å². The van der Waals surface area contributed by atoms with Crippen molar-refractivity contribution in [3.8, 4) is 0 Å². The highest BCUT2D eigenvalue weighted by molar-refractivity contribution is 5.76. The fraction of sp³-hybridized carbons (Fsp3) is 0.867. The van der Waals surface area contributed by atoms with Crippen molar-refractivity contribution in [3.05, 3.63) is 0 Å². The monoisotopic (exact) mass is 286 g/mol. The number of carbonyl (C=O) groups excluding carboxylic acids is 1. The van der Waals surface area contributed by atoms with Crippen LogP contribution in [0.5, 0.6) is 0 Å². The highest BCUT2D eigenvalue weighted by Crippen LogP contribution is 2.07. The molecule has 0 aliphatic carbocycles. The summed E-state index contributed by atoms with van der Waals surface area (Å²) >= 11 is 0. The fourth-order valence-electron chi connectivity index (χ4n) is 2.11. The summed E-state index contributed by atoms with van der Waals surface area (Å²) in [5.41, 5.74) is 0. The maximum atomic E-state index is 12.2. The van der Waals surface area contributed by atoms with E-state index in [9.17, 15) is 9.59 Å². The number of nitrogens with one attached hydrogen (secondary N) is 1. The number of hydrogen-bond acceptors (Lipinski definition) is 2. The average molecular weight is 286 g/mol. The lowest BCUT2D eigenvalue weighted by Gasteiger charge is -2.27. The molecule has 0 saturated carbocycles. The van der Waals surface area contributed by atoms with E-state index >= 15 is 0 Å². The van der Waals surface area contributed by atoms with Crippen LogP contribution in [0.4, 0.5) is 4.79 Å². The molecule has 20 heavy (non-hydrogen) atoms. The molecule has 0 bridgehead atoms. The first-order chi connectivity index (χ1) is 9.27. The van der Waals surface area contributed by atoms with Gasteiger partial charge < -0.3 is 15.3 Å². The van der Waals surface area contributed by atoms with Crippen LogP contribution in [0.1, 0.15) is 47.5 Å². The molecular formula is C15H30N2O3. The van der Waals surface area contributed by atoms with Crippen molar-refractivity contribution >= 4 is 12.0 Å². The third-order valence-electron chi connectivity index (χ3n) is 2.94. The normalized spacial score (nSPS) is 12.6. The van der Waals surface area contributed by atoms with Crippen LogP contribution in [0.3, 0.4) is 0 Å². The van der Waals surface area contributed by atoms with Gasteiger partial charge >= 0.3 is 12.0 Å². The molecule has 0 aromatic heterocycles. The first-order valence-electron chi connectivity index (χ1n) is 7.53. The number of carbonyl (C=O) groups is 2. The van der Waals surface area contributed by atoms with Gasteiger partial charge in [-0.2, -0.15) is 0 Å². The summed E-state index contributed by atoms with van der Waals surface area (Å²) in [7, 11) is 0. The Morgan fingerprint density at radius 1 is 1.10 bits per heavy atom. The third kappa shape index (κ3) is 8.02. The van der Waals surface area contributed by atoms with Gasteiger partial charge in [0.15, 0.2) is 0 Å². The molecule has 2 N–H and O–H groups in total. The van der Waals surface area contributed by atoms with Gasteiger partial charge in [-0.15, -0.1) is 0 Å². The van der Waals surface area contributed by atoms with Crippen LogP contribution in [0, 0.1) is 17.8 Å². The van der Waals surface area contributed by atoms with Crippen LogP contribution in [0.15, 0.2) is 0 Å². The van der Waals surface area contributed by atoms with Crippen LogP contribution in [-0.2, 0) is 4.79 Å². The number of urea groups is 1. The second-order valence-electron chi connectivity index (χ2n) is 6.20. The maximum Gasteiger partial charge on any atom is 0.317 e. The molecule has 0 saturated heterocycles. The maximum absolute atomic E-state index is 12.2. The Kier molecular flexibility index (Phi) is 9.01. The highest BCUT2D eigenvalue weighted by Gasteiger charge is 2.20. The summed E-state index contributed by atoms with van der Waals surface area (Å²) in [6.07, 6.45) is 1.39. The van der Waals surface area contributed by atoms with Gasteiger partial charge in [-0.05, 0) is 18.3 Å². The van der Waals surface area contributed by atoms with Crippen molar-refractivity contribution in [2.24, 2.45) is 17.8 Å².